The van der Waals surface area contributed by atoms with Gasteiger partial charge in [0.1, 0.15) is 12.0 Å². The molecule has 1 heterocycles. The summed E-state index contributed by atoms with van der Waals surface area (Å²) in [6.07, 6.45) is 3.36. The van der Waals surface area contributed by atoms with Crippen LogP contribution in [0.3, 0.4) is 0 Å². The highest BCUT2D eigenvalue weighted by molar-refractivity contribution is 5.01. The number of halogens is 1. The molecule has 0 aliphatic carbocycles. The summed E-state index contributed by atoms with van der Waals surface area (Å²) in [6.45, 7) is 5.90. The number of hydrogen-bond acceptors (Lipinski definition) is 2. The molecular formula is C8H10FN2. The summed E-state index contributed by atoms with van der Waals surface area (Å²) in [7, 11) is 0. The second-order valence-electron chi connectivity index (χ2n) is 3.40. The van der Waals surface area contributed by atoms with Crippen molar-refractivity contribution in [3.63, 3.8) is 0 Å². The minimum absolute atomic E-state index is 0.135. The van der Waals surface area contributed by atoms with Gasteiger partial charge in [0.15, 0.2) is 5.82 Å². The zero-order chi connectivity index (χ0) is 8.48. The Hall–Kier alpha value is -0.990. The third-order valence-corrected chi connectivity index (χ3v) is 1.24. The van der Waals surface area contributed by atoms with Gasteiger partial charge in [0.2, 0.25) is 0 Å². The third kappa shape index (κ3) is 1.97. The van der Waals surface area contributed by atoms with Crippen molar-refractivity contribution in [1.29, 1.82) is 0 Å². The molecule has 0 saturated heterocycles. The summed E-state index contributed by atoms with van der Waals surface area (Å²) in [5, 5.41) is 0. The van der Waals surface area contributed by atoms with Crippen LogP contribution in [0, 0.1) is 12.0 Å². The second kappa shape index (κ2) is 2.57. The van der Waals surface area contributed by atoms with Gasteiger partial charge in [-0.2, -0.15) is 0 Å². The summed E-state index contributed by atoms with van der Waals surface area (Å²) >= 11 is 0. The summed E-state index contributed by atoms with van der Waals surface area (Å²) in [4.78, 5) is 7.57. The van der Waals surface area contributed by atoms with Crippen LogP contribution in [0.5, 0.6) is 0 Å². The molecule has 1 radical (unpaired) electrons. The molecule has 59 valence electrons. The van der Waals surface area contributed by atoms with E-state index in [1.54, 1.807) is 0 Å². The second-order valence-corrected chi connectivity index (χ2v) is 3.40. The maximum Gasteiger partial charge on any atom is 0.169 e. The van der Waals surface area contributed by atoms with Gasteiger partial charge in [-0.25, -0.2) is 14.4 Å². The van der Waals surface area contributed by atoms with Gasteiger partial charge in [-0.15, -0.1) is 0 Å². The van der Waals surface area contributed by atoms with Gasteiger partial charge in [-0.05, 0) is 0 Å². The number of nitrogens with zero attached hydrogens (tertiary/aromatic N) is 2. The molecule has 1 aromatic rings. The fourth-order valence-corrected chi connectivity index (χ4v) is 0.643. The molecule has 3 heteroatoms. The number of rotatable bonds is 0. The van der Waals surface area contributed by atoms with Crippen LogP contribution in [0.1, 0.15) is 26.6 Å². The van der Waals surface area contributed by atoms with Crippen molar-refractivity contribution < 1.29 is 4.39 Å². The van der Waals surface area contributed by atoms with Crippen molar-refractivity contribution in [3.8, 4) is 0 Å². The molecular weight excluding hydrogens is 143 g/mol. The molecule has 11 heavy (non-hydrogen) atoms. The average Bonchev–Trinajstić information content (AvgIpc) is 1.86. The fourth-order valence-electron chi connectivity index (χ4n) is 0.643. The fraction of sp³-hybridized carbons (Fsp3) is 0.500. The molecule has 0 atom stereocenters. The predicted octanol–water partition coefficient (Wildman–Crippen LogP) is 1.71. The highest BCUT2D eigenvalue weighted by Gasteiger charge is 2.16. The summed E-state index contributed by atoms with van der Waals surface area (Å²) in [6, 6.07) is 0. The minimum Gasteiger partial charge on any atom is -0.238 e. The van der Waals surface area contributed by atoms with Gasteiger partial charge >= 0.3 is 0 Å². The molecule has 0 aliphatic heterocycles. The Morgan fingerprint density at radius 1 is 1.45 bits per heavy atom. The van der Waals surface area contributed by atoms with Gasteiger partial charge in [0.05, 0.1) is 6.20 Å². The van der Waals surface area contributed by atoms with Crippen molar-refractivity contribution in [2.75, 3.05) is 0 Å². The first-order valence-electron chi connectivity index (χ1n) is 3.41. The molecule has 0 N–H and O–H groups in total. The lowest BCUT2D eigenvalue weighted by Gasteiger charge is -2.14. The van der Waals surface area contributed by atoms with E-state index in [1.807, 2.05) is 20.8 Å². The first-order chi connectivity index (χ1) is 5.00. The van der Waals surface area contributed by atoms with Crippen LogP contribution in [0.2, 0.25) is 0 Å². The normalized spacial score (nSPS) is 11.6. The maximum atomic E-state index is 12.3. The molecule has 0 saturated carbocycles. The SMILES string of the molecule is CC(C)(C)c1n[c]c(F)cn1. The van der Waals surface area contributed by atoms with E-state index in [4.69, 9.17) is 0 Å². The monoisotopic (exact) mass is 153 g/mol. The van der Waals surface area contributed by atoms with Gasteiger partial charge < -0.3 is 0 Å². The zero-order valence-electron chi connectivity index (χ0n) is 6.85. The van der Waals surface area contributed by atoms with Crippen molar-refractivity contribution >= 4 is 0 Å². The van der Waals surface area contributed by atoms with E-state index in [0.717, 1.165) is 6.20 Å². The van der Waals surface area contributed by atoms with Crippen molar-refractivity contribution in [2.45, 2.75) is 26.2 Å². The molecule has 0 bridgehead atoms. The van der Waals surface area contributed by atoms with E-state index in [2.05, 4.69) is 16.2 Å². The van der Waals surface area contributed by atoms with Gasteiger partial charge in [0, 0.05) is 5.41 Å². The third-order valence-electron chi connectivity index (χ3n) is 1.24. The lowest BCUT2D eigenvalue weighted by molar-refractivity contribution is 0.528. The van der Waals surface area contributed by atoms with E-state index < -0.39 is 5.82 Å². The van der Waals surface area contributed by atoms with E-state index in [9.17, 15) is 4.39 Å². The standard InChI is InChI=1S/C8H10FN2/c1-8(2,3)7-10-4-6(9)5-11-7/h4H,1-3H3. The van der Waals surface area contributed by atoms with Crippen LogP contribution in [-0.2, 0) is 5.41 Å². The lowest BCUT2D eigenvalue weighted by atomic mass is 9.96. The van der Waals surface area contributed by atoms with Crippen LogP contribution in [0.25, 0.3) is 0 Å². The number of hydrogen-bond donors (Lipinski definition) is 0. The molecule has 0 aliphatic rings. The van der Waals surface area contributed by atoms with Gasteiger partial charge in [-0.3, -0.25) is 0 Å². The Morgan fingerprint density at radius 2 is 2.09 bits per heavy atom. The van der Waals surface area contributed by atoms with Gasteiger partial charge in [0.25, 0.3) is 0 Å². The minimum atomic E-state index is -0.516. The number of aromatic nitrogens is 2. The molecule has 0 spiro atoms. The molecule has 1 aromatic heterocycles. The van der Waals surface area contributed by atoms with Crippen LogP contribution >= 0.6 is 0 Å². The Morgan fingerprint density at radius 3 is 2.45 bits per heavy atom. The first kappa shape index (κ1) is 8.11. The lowest BCUT2D eigenvalue weighted by Crippen LogP contribution is -2.15. The van der Waals surface area contributed by atoms with E-state index >= 15 is 0 Å². The Labute approximate surface area is 65.5 Å². The van der Waals surface area contributed by atoms with Crippen molar-refractivity contribution in [1.82, 2.24) is 9.97 Å². The van der Waals surface area contributed by atoms with E-state index in [0.29, 0.717) is 5.82 Å². The Balaban J connectivity index is 2.99. The quantitative estimate of drug-likeness (QED) is 0.567. The molecule has 2 nitrogen and oxygen atoms in total. The summed E-state index contributed by atoms with van der Waals surface area (Å²) in [5.74, 6) is 0.0944. The Bertz CT molecular complexity index is 235. The van der Waals surface area contributed by atoms with Gasteiger partial charge in [-0.1, -0.05) is 20.8 Å². The highest BCUT2D eigenvalue weighted by atomic mass is 19.1. The zero-order valence-corrected chi connectivity index (χ0v) is 6.85. The topological polar surface area (TPSA) is 25.8 Å². The highest BCUT2D eigenvalue weighted by Crippen LogP contribution is 2.16. The molecule has 0 fully saturated rings. The summed E-state index contributed by atoms with van der Waals surface area (Å²) < 4.78 is 12.3. The summed E-state index contributed by atoms with van der Waals surface area (Å²) in [5.41, 5.74) is -0.135. The van der Waals surface area contributed by atoms with E-state index in [-0.39, 0.29) is 5.41 Å². The molecule has 0 amide bonds. The van der Waals surface area contributed by atoms with Crippen LogP contribution < -0.4 is 0 Å². The smallest absolute Gasteiger partial charge is 0.169 e. The molecule has 0 unspecified atom stereocenters. The average molecular weight is 153 g/mol. The van der Waals surface area contributed by atoms with Crippen LogP contribution in [-0.4, -0.2) is 9.97 Å². The van der Waals surface area contributed by atoms with Crippen molar-refractivity contribution in [3.05, 3.63) is 24.0 Å². The Kier molecular flexibility index (Phi) is 1.89. The van der Waals surface area contributed by atoms with Crippen molar-refractivity contribution in [2.24, 2.45) is 0 Å². The first-order valence-corrected chi connectivity index (χ1v) is 3.41. The largest absolute Gasteiger partial charge is 0.238 e. The van der Waals surface area contributed by atoms with Crippen LogP contribution in [0.15, 0.2) is 6.20 Å². The predicted molar refractivity (Wildman–Crippen MR) is 39.5 cm³/mol. The molecule has 1 rings (SSSR count). The molecule has 0 aromatic carbocycles. The van der Waals surface area contributed by atoms with Crippen LogP contribution in [0.4, 0.5) is 4.39 Å². The van der Waals surface area contributed by atoms with E-state index in [1.165, 1.54) is 0 Å². The maximum absolute atomic E-state index is 12.3.